The third-order valence-electron chi connectivity index (χ3n) is 2.94. The number of hydrogen-bond donors (Lipinski definition) is 1. The zero-order valence-electron chi connectivity index (χ0n) is 10.7. The van der Waals surface area contributed by atoms with E-state index in [1.54, 1.807) is 7.11 Å². The molecular weight excluding hydrogens is 258 g/mol. The van der Waals surface area contributed by atoms with E-state index in [4.69, 9.17) is 4.74 Å². The van der Waals surface area contributed by atoms with Crippen LogP contribution in [0.5, 0.6) is 5.75 Å². The first kappa shape index (κ1) is 12.0. The van der Waals surface area contributed by atoms with Crippen molar-refractivity contribution in [2.75, 3.05) is 13.4 Å². The van der Waals surface area contributed by atoms with Crippen molar-refractivity contribution in [2.24, 2.45) is 0 Å². The van der Waals surface area contributed by atoms with Crippen LogP contribution in [0.3, 0.4) is 0 Å². The van der Waals surface area contributed by atoms with Gasteiger partial charge in [-0.25, -0.2) is 9.97 Å². The fourth-order valence-electron chi connectivity index (χ4n) is 1.98. The molecule has 0 aliphatic heterocycles. The lowest BCUT2D eigenvalue weighted by Crippen LogP contribution is -1.92. The monoisotopic (exact) mass is 271 g/mol. The molecule has 1 aromatic carbocycles. The van der Waals surface area contributed by atoms with E-state index >= 15 is 0 Å². The second kappa shape index (κ2) is 4.93. The third kappa shape index (κ3) is 2.17. The SMILES string of the molecule is COc1ccc(-c2nc(SC)nc3[nH]ccc23)cc1. The molecule has 1 N–H and O–H groups in total. The molecule has 3 rings (SSSR count). The summed E-state index contributed by atoms with van der Waals surface area (Å²) in [6.45, 7) is 0. The zero-order chi connectivity index (χ0) is 13.2. The van der Waals surface area contributed by atoms with Crippen molar-refractivity contribution in [2.45, 2.75) is 5.16 Å². The number of aromatic amines is 1. The Hall–Kier alpha value is -2.01. The lowest BCUT2D eigenvalue weighted by atomic mass is 10.1. The lowest BCUT2D eigenvalue weighted by molar-refractivity contribution is 0.415. The Kier molecular flexibility index (Phi) is 3.13. The molecule has 0 spiro atoms. The van der Waals surface area contributed by atoms with Crippen LogP contribution in [0.15, 0.2) is 41.7 Å². The molecule has 0 radical (unpaired) electrons. The maximum Gasteiger partial charge on any atom is 0.189 e. The number of benzene rings is 1. The summed E-state index contributed by atoms with van der Waals surface area (Å²) < 4.78 is 5.18. The molecule has 2 heterocycles. The first-order chi connectivity index (χ1) is 9.31. The molecule has 0 fully saturated rings. The van der Waals surface area contributed by atoms with Gasteiger partial charge in [-0.1, -0.05) is 11.8 Å². The number of thioether (sulfide) groups is 1. The van der Waals surface area contributed by atoms with Crippen LogP contribution < -0.4 is 4.74 Å². The van der Waals surface area contributed by atoms with Crippen LogP contribution in [-0.4, -0.2) is 28.3 Å². The molecule has 0 bridgehead atoms. The standard InChI is InChI=1S/C14H13N3OS/c1-18-10-5-3-9(4-6-10)12-11-7-8-15-13(11)17-14(16-12)19-2/h3-8H,1-2H3,(H,15,16,17). The summed E-state index contributed by atoms with van der Waals surface area (Å²) >= 11 is 1.54. The highest BCUT2D eigenvalue weighted by Crippen LogP contribution is 2.28. The summed E-state index contributed by atoms with van der Waals surface area (Å²) in [5.74, 6) is 0.841. The van der Waals surface area contributed by atoms with Crippen molar-refractivity contribution >= 4 is 22.8 Å². The minimum atomic E-state index is 0.765. The van der Waals surface area contributed by atoms with E-state index in [0.717, 1.165) is 33.2 Å². The van der Waals surface area contributed by atoms with Gasteiger partial charge < -0.3 is 9.72 Å². The summed E-state index contributed by atoms with van der Waals surface area (Å²) in [6, 6.07) is 9.90. The van der Waals surface area contributed by atoms with Gasteiger partial charge in [0.2, 0.25) is 0 Å². The largest absolute Gasteiger partial charge is 0.497 e. The zero-order valence-corrected chi connectivity index (χ0v) is 11.5. The van der Waals surface area contributed by atoms with Gasteiger partial charge in [0.05, 0.1) is 12.8 Å². The molecular formula is C14H13N3OS. The number of ether oxygens (including phenoxy) is 1. The van der Waals surface area contributed by atoms with Crippen molar-refractivity contribution in [1.82, 2.24) is 15.0 Å². The number of H-pyrrole nitrogens is 1. The number of methoxy groups -OCH3 is 1. The Morgan fingerprint density at radius 3 is 2.58 bits per heavy atom. The van der Waals surface area contributed by atoms with Crippen molar-refractivity contribution in [3.05, 3.63) is 36.5 Å². The molecule has 19 heavy (non-hydrogen) atoms. The van der Waals surface area contributed by atoms with E-state index in [2.05, 4.69) is 15.0 Å². The van der Waals surface area contributed by atoms with E-state index in [-0.39, 0.29) is 0 Å². The summed E-state index contributed by atoms with van der Waals surface area (Å²) in [5, 5.41) is 1.80. The van der Waals surface area contributed by atoms with Gasteiger partial charge in [0, 0.05) is 17.1 Å². The number of rotatable bonds is 3. The predicted molar refractivity (Wildman–Crippen MR) is 77.7 cm³/mol. The fourth-order valence-corrected chi connectivity index (χ4v) is 2.35. The molecule has 3 aromatic rings. The highest BCUT2D eigenvalue weighted by atomic mass is 32.2. The molecule has 0 aliphatic rings. The quantitative estimate of drug-likeness (QED) is 0.586. The highest BCUT2D eigenvalue weighted by Gasteiger charge is 2.10. The molecule has 0 saturated heterocycles. The van der Waals surface area contributed by atoms with Gasteiger partial charge in [0.1, 0.15) is 11.4 Å². The summed E-state index contributed by atoms with van der Waals surface area (Å²) in [5.41, 5.74) is 2.87. The average molecular weight is 271 g/mol. The van der Waals surface area contributed by atoms with Crippen molar-refractivity contribution in [1.29, 1.82) is 0 Å². The van der Waals surface area contributed by atoms with Gasteiger partial charge in [0.25, 0.3) is 0 Å². The van der Waals surface area contributed by atoms with Crippen LogP contribution in [0.1, 0.15) is 0 Å². The van der Waals surface area contributed by atoms with E-state index in [9.17, 15) is 0 Å². The number of hydrogen-bond acceptors (Lipinski definition) is 4. The second-order valence-corrected chi connectivity index (χ2v) is 4.80. The number of aromatic nitrogens is 3. The molecule has 2 aromatic heterocycles. The first-order valence-electron chi connectivity index (χ1n) is 5.85. The topological polar surface area (TPSA) is 50.8 Å². The van der Waals surface area contributed by atoms with Crippen molar-refractivity contribution in [3.8, 4) is 17.0 Å². The average Bonchev–Trinajstić information content (AvgIpc) is 2.94. The van der Waals surface area contributed by atoms with E-state index < -0.39 is 0 Å². The molecule has 96 valence electrons. The predicted octanol–water partition coefficient (Wildman–Crippen LogP) is 3.36. The smallest absolute Gasteiger partial charge is 0.189 e. The first-order valence-corrected chi connectivity index (χ1v) is 7.08. The minimum Gasteiger partial charge on any atom is -0.497 e. The van der Waals surface area contributed by atoms with Crippen LogP contribution in [0.25, 0.3) is 22.3 Å². The van der Waals surface area contributed by atoms with Gasteiger partial charge in [-0.2, -0.15) is 0 Å². The van der Waals surface area contributed by atoms with Crippen LogP contribution >= 0.6 is 11.8 Å². The number of nitrogens with zero attached hydrogens (tertiary/aromatic N) is 2. The summed E-state index contributed by atoms with van der Waals surface area (Å²) in [7, 11) is 1.66. The number of nitrogens with one attached hydrogen (secondary N) is 1. The van der Waals surface area contributed by atoms with Gasteiger partial charge >= 0.3 is 0 Å². The van der Waals surface area contributed by atoms with E-state index in [1.165, 1.54) is 11.8 Å². The van der Waals surface area contributed by atoms with Gasteiger partial charge in [0.15, 0.2) is 5.16 Å². The van der Waals surface area contributed by atoms with Gasteiger partial charge in [-0.05, 0) is 36.6 Å². The molecule has 0 saturated carbocycles. The van der Waals surface area contributed by atoms with Crippen LogP contribution in [0, 0.1) is 0 Å². The summed E-state index contributed by atoms with van der Waals surface area (Å²) in [4.78, 5) is 12.2. The third-order valence-corrected chi connectivity index (χ3v) is 3.49. The van der Waals surface area contributed by atoms with E-state index in [0.29, 0.717) is 0 Å². The maximum atomic E-state index is 5.18. The Morgan fingerprint density at radius 2 is 1.89 bits per heavy atom. The Morgan fingerprint density at radius 1 is 1.11 bits per heavy atom. The Bertz CT molecular complexity index is 706. The lowest BCUT2D eigenvalue weighted by Gasteiger charge is -2.06. The Balaban J connectivity index is 2.18. The molecule has 5 heteroatoms. The highest BCUT2D eigenvalue weighted by molar-refractivity contribution is 7.98. The van der Waals surface area contributed by atoms with Crippen LogP contribution in [0.4, 0.5) is 0 Å². The number of fused-ring (bicyclic) bond motifs is 1. The van der Waals surface area contributed by atoms with Gasteiger partial charge in [-0.3, -0.25) is 0 Å². The second-order valence-electron chi connectivity index (χ2n) is 4.03. The molecule has 0 atom stereocenters. The fraction of sp³-hybridized carbons (Fsp3) is 0.143. The van der Waals surface area contributed by atoms with Crippen molar-refractivity contribution < 1.29 is 4.74 Å². The van der Waals surface area contributed by atoms with Crippen LogP contribution in [-0.2, 0) is 0 Å². The normalized spacial score (nSPS) is 10.8. The van der Waals surface area contributed by atoms with Crippen molar-refractivity contribution in [3.63, 3.8) is 0 Å². The molecule has 4 nitrogen and oxygen atoms in total. The molecule has 0 amide bonds. The maximum absolute atomic E-state index is 5.18. The summed E-state index contributed by atoms with van der Waals surface area (Å²) in [6.07, 6.45) is 3.86. The van der Waals surface area contributed by atoms with Gasteiger partial charge in [-0.15, -0.1) is 0 Å². The van der Waals surface area contributed by atoms with E-state index in [1.807, 2.05) is 42.8 Å². The minimum absolute atomic E-state index is 0.765. The Labute approximate surface area is 115 Å². The molecule has 0 aliphatic carbocycles. The molecule has 0 unspecified atom stereocenters. The van der Waals surface area contributed by atoms with Crippen LogP contribution in [0.2, 0.25) is 0 Å².